The number of anilines is 1. The zero-order valence-electron chi connectivity index (χ0n) is 8.67. The molecule has 0 aliphatic carbocycles. The number of amides is 1. The van der Waals surface area contributed by atoms with Crippen LogP contribution in [0.3, 0.4) is 0 Å². The standard InChI is InChI=1S/C11H13F2NO2/c12-8-4-3-5-9(11(8)13)14-10(16)6-1-2-7-15/h3-5,15H,1-2,6-7H2,(H,14,16). The molecule has 0 saturated carbocycles. The van der Waals surface area contributed by atoms with Gasteiger partial charge in [0.2, 0.25) is 5.91 Å². The number of nitrogens with one attached hydrogen (secondary N) is 1. The summed E-state index contributed by atoms with van der Waals surface area (Å²) in [6.07, 6.45) is 1.20. The predicted octanol–water partition coefficient (Wildman–Crippen LogP) is 2.07. The van der Waals surface area contributed by atoms with Crippen molar-refractivity contribution >= 4 is 11.6 Å². The molecular formula is C11H13F2NO2. The molecule has 1 aromatic carbocycles. The number of aliphatic hydroxyl groups is 1. The van der Waals surface area contributed by atoms with Crippen LogP contribution in [-0.2, 0) is 4.79 Å². The van der Waals surface area contributed by atoms with Crippen LogP contribution in [0.5, 0.6) is 0 Å². The van der Waals surface area contributed by atoms with E-state index in [1.807, 2.05) is 0 Å². The van der Waals surface area contributed by atoms with Crippen LogP contribution in [0.15, 0.2) is 18.2 Å². The lowest BCUT2D eigenvalue weighted by Gasteiger charge is -2.06. The molecule has 16 heavy (non-hydrogen) atoms. The molecule has 1 amide bonds. The Morgan fingerprint density at radius 1 is 1.31 bits per heavy atom. The minimum absolute atomic E-state index is 0.0155. The van der Waals surface area contributed by atoms with E-state index in [2.05, 4.69) is 5.32 Å². The molecule has 1 rings (SSSR count). The highest BCUT2D eigenvalue weighted by atomic mass is 19.2. The number of halogens is 2. The molecule has 2 N–H and O–H groups in total. The average molecular weight is 229 g/mol. The van der Waals surface area contributed by atoms with E-state index in [4.69, 9.17) is 5.11 Å². The summed E-state index contributed by atoms with van der Waals surface area (Å²) >= 11 is 0. The minimum Gasteiger partial charge on any atom is -0.396 e. The maximum Gasteiger partial charge on any atom is 0.224 e. The molecular weight excluding hydrogens is 216 g/mol. The Kier molecular flexibility index (Phi) is 4.85. The third-order valence-corrected chi connectivity index (χ3v) is 2.04. The zero-order valence-corrected chi connectivity index (χ0v) is 8.67. The highest BCUT2D eigenvalue weighted by Crippen LogP contribution is 2.16. The van der Waals surface area contributed by atoms with Gasteiger partial charge in [-0.3, -0.25) is 4.79 Å². The van der Waals surface area contributed by atoms with Gasteiger partial charge < -0.3 is 10.4 Å². The van der Waals surface area contributed by atoms with Gasteiger partial charge in [0, 0.05) is 13.0 Å². The molecule has 0 saturated heterocycles. The lowest BCUT2D eigenvalue weighted by atomic mass is 10.2. The van der Waals surface area contributed by atoms with Crippen molar-refractivity contribution in [2.24, 2.45) is 0 Å². The molecule has 0 aliphatic rings. The Hall–Kier alpha value is -1.49. The summed E-state index contributed by atoms with van der Waals surface area (Å²) in [6.45, 7) is 0.0155. The topological polar surface area (TPSA) is 49.3 Å². The molecule has 0 atom stereocenters. The van der Waals surface area contributed by atoms with Crippen LogP contribution >= 0.6 is 0 Å². The van der Waals surface area contributed by atoms with Gasteiger partial charge >= 0.3 is 0 Å². The second-order valence-corrected chi connectivity index (χ2v) is 3.33. The SMILES string of the molecule is O=C(CCCCO)Nc1cccc(F)c1F. The van der Waals surface area contributed by atoms with Gasteiger partial charge in [0.15, 0.2) is 11.6 Å². The van der Waals surface area contributed by atoms with Crippen molar-refractivity contribution in [2.75, 3.05) is 11.9 Å². The van der Waals surface area contributed by atoms with Crippen LogP contribution < -0.4 is 5.32 Å². The lowest BCUT2D eigenvalue weighted by Crippen LogP contribution is -2.13. The van der Waals surface area contributed by atoms with Crippen LogP contribution in [0.4, 0.5) is 14.5 Å². The molecule has 88 valence electrons. The summed E-state index contributed by atoms with van der Waals surface area (Å²) in [5.74, 6) is -2.44. The first kappa shape index (κ1) is 12.6. The molecule has 0 heterocycles. The zero-order chi connectivity index (χ0) is 12.0. The number of rotatable bonds is 5. The van der Waals surface area contributed by atoms with E-state index in [0.29, 0.717) is 12.8 Å². The van der Waals surface area contributed by atoms with E-state index in [1.54, 1.807) is 0 Å². The van der Waals surface area contributed by atoms with Crippen molar-refractivity contribution in [1.82, 2.24) is 0 Å². The lowest BCUT2D eigenvalue weighted by molar-refractivity contribution is -0.116. The largest absolute Gasteiger partial charge is 0.396 e. The van der Waals surface area contributed by atoms with E-state index in [1.165, 1.54) is 12.1 Å². The first-order valence-corrected chi connectivity index (χ1v) is 5.00. The van der Waals surface area contributed by atoms with Gasteiger partial charge in [-0.25, -0.2) is 8.78 Å². The van der Waals surface area contributed by atoms with Crippen molar-refractivity contribution in [2.45, 2.75) is 19.3 Å². The van der Waals surface area contributed by atoms with Crippen LogP contribution in [0, 0.1) is 11.6 Å². The Balaban J connectivity index is 2.53. The fraction of sp³-hybridized carbons (Fsp3) is 0.364. The summed E-state index contributed by atoms with van der Waals surface area (Å²) in [5.41, 5.74) is -0.158. The highest BCUT2D eigenvalue weighted by molar-refractivity contribution is 5.90. The minimum atomic E-state index is -1.06. The summed E-state index contributed by atoms with van der Waals surface area (Å²) in [7, 11) is 0. The summed E-state index contributed by atoms with van der Waals surface area (Å²) in [5, 5.41) is 10.8. The van der Waals surface area contributed by atoms with E-state index >= 15 is 0 Å². The number of hydrogen-bond acceptors (Lipinski definition) is 2. The molecule has 1 aromatic rings. The number of aliphatic hydroxyl groups excluding tert-OH is 1. The quantitative estimate of drug-likeness (QED) is 0.759. The van der Waals surface area contributed by atoms with Crippen molar-refractivity contribution in [1.29, 1.82) is 0 Å². The normalized spacial score (nSPS) is 10.2. The Bertz CT molecular complexity index is 369. The first-order chi connectivity index (χ1) is 7.65. The third kappa shape index (κ3) is 3.58. The van der Waals surface area contributed by atoms with Crippen molar-refractivity contribution < 1.29 is 18.7 Å². The molecule has 0 unspecified atom stereocenters. The fourth-order valence-electron chi connectivity index (χ4n) is 1.21. The van der Waals surface area contributed by atoms with Gasteiger partial charge in [-0.05, 0) is 25.0 Å². The van der Waals surface area contributed by atoms with Gasteiger partial charge in [-0.15, -0.1) is 0 Å². The Morgan fingerprint density at radius 2 is 2.06 bits per heavy atom. The second-order valence-electron chi connectivity index (χ2n) is 3.33. The summed E-state index contributed by atoms with van der Waals surface area (Å²) < 4.78 is 25.9. The van der Waals surface area contributed by atoms with Gasteiger partial charge in [0.25, 0.3) is 0 Å². The number of unbranched alkanes of at least 4 members (excludes halogenated alkanes) is 1. The highest BCUT2D eigenvalue weighted by Gasteiger charge is 2.09. The van der Waals surface area contributed by atoms with Crippen LogP contribution in [0.2, 0.25) is 0 Å². The van der Waals surface area contributed by atoms with Crippen molar-refractivity contribution in [3.63, 3.8) is 0 Å². The molecule has 0 spiro atoms. The van der Waals surface area contributed by atoms with Gasteiger partial charge in [0.05, 0.1) is 5.69 Å². The Morgan fingerprint density at radius 3 is 2.75 bits per heavy atom. The Labute approximate surface area is 92.1 Å². The monoisotopic (exact) mass is 229 g/mol. The second kappa shape index (κ2) is 6.17. The molecule has 0 aromatic heterocycles. The molecule has 0 fully saturated rings. The number of benzene rings is 1. The van der Waals surface area contributed by atoms with Crippen LogP contribution in [-0.4, -0.2) is 17.6 Å². The predicted molar refractivity (Wildman–Crippen MR) is 55.9 cm³/mol. The maximum absolute atomic E-state index is 13.1. The third-order valence-electron chi connectivity index (χ3n) is 2.04. The van der Waals surface area contributed by atoms with Gasteiger partial charge in [-0.2, -0.15) is 0 Å². The first-order valence-electron chi connectivity index (χ1n) is 5.00. The van der Waals surface area contributed by atoms with Crippen LogP contribution in [0.25, 0.3) is 0 Å². The smallest absolute Gasteiger partial charge is 0.224 e. The summed E-state index contributed by atoms with van der Waals surface area (Å²) in [6, 6.07) is 3.60. The molecule has 3 nitrogen and oxygen atoms in total. The van der Waals surface area contributed by atoms with E-state index in [9.17, 15) is 13.6 Å². The number of hydrogen-bond donors (Lipinski definition) is 2. The van der Waals surface area contributed by atoms with Gasteiger partial charge in [-0.1, -0.05) is 6.07 Å². The molecule has 0 bridgehead atoms. The van der Waals surface area contributed by atoms with Crippen LogP contribution in [0.1, 0.15) is 19.3 Å². The van der Waals surface area contributed by atoms with Gasteiger partial charge in [0.1, 0.15) is 0 Å². The van der Waals surface area contributed by atoms with Crippen molar-refractivity contribution in [3.05, 3.63) is 29.8 Å². The molecule has 0 aliphatic heterocycles. The maximum atomic E-state index is 13.1. The summed E-state index contributed by atoms with van der Waals surface area (Å²) in [4.78, 5) is 11.3. The molecule has 5 heteroatoms. The molecule has 0 radical (unpaired) electrons. The van der Waals surface area contributed by atoms with Crippen molar-refractivity contribution in [3.8, 4) is 0 Å². The average Bonchev–Trinajstić information content (AvgIpc) is 2.25. The number of carbonyl (C=O) groups excluding carboxylic acids is 1. The van der Waals surface area contributed by atoms with E-state index in [0.717, 1.165) is 6.07 Å². The van der Waals surface area contributed by atoms with E-state index < -0.39 is 17.5 Å². The fourth-order valence-corrected chi connectivity index (χ4v) is 1.21. The van der Waals surface area contributed by atoms with E-state index in [-0.39, 0.29) is 18.7 Å². The number of carbonyl (C=O) groups is 1.